The topological polar surface area (TPSA) is 78.4 Å². The molecule has 0 aliphatic heterocycles. The number of furan rings is 1. The minimum atomic E-state index is -0.505. The van der Waals surface area contributed by atoms with Crippen LogP contribution in [0.1, 0.15) is 24.4 Å². The Morgan fingerprint density at radius 3 is 3.06 bits per heavy atom. The van der Waals surface area contributed by atoms with E-state index in [2.05, 4.69) is 5.32 Å². The molecule has 1 aliphatic carbocycles. The fourth-order valence-electron chi connectivity index (χ4n) is 1.61. The molecule has 0 saturated heterocycles. The molecular weight excluding hydrogens is 232 g/mol. The molecule has 5 heteroatoms. The van der Waals surface area contributed by atoms with Crippen molar-refractivity contribution < 1.29 is 14.3 Å². The molecule has 1 fully saturated rings. The summed E-state index contributed by atoms with van der Waals surface area (Å²) in [4.78, 5) is 0. The van der Waals surface area contributed by atoms with Crippen molar-refractivity contribution in [1.82, 2.24) is 5.32 Å². The molecule has 1 heterocycles. The maximum Gasteiger partial charge on any atom is 0.203 e. The summed E-state index contributed by atoms with van der Waals surface area (Å²) in [6, 6.07) is 5.31. The Kier molecular flexibility index (Phi) is 4.76. The van der Waals surface area contributed by atoms with E-state index in [4.69, 9.17) is 14.4 Å². The van der Waals surface area contributed by atoms with Gasteiger partial charge in [-0.15, -0.1) is 0 Å². The second-order valence-corrected chi connectivity index (χ2v) is 4.64. The minimum absolute atomic E-state index is 0.306. The van der Waals surface area contributed by atoms with Crippen LogP contribution in [0.5, 0.6) is 0 Å². The van der Waals surface area contributed by atoms with E-state index in [1.54, 1.807) is 12.1 Å². The summed E-state index contributed by atoms with van der Waals surface area (Å²) >= 11 is 0. The van der Waals surface area contributed by atoms with E-state index in [9.17, 15) is 5.11 Å². The van der Waals surface area contributed by atoms with Crippen LogP contribution >= 0.6 is 0 Å². The van der Waals surface area contributed by atoms with Gasteiger partial charge < -0.3 is 19.6 Å². The first-order chi connectivity index (χ1) is 8.78. The average Bonchev–Trinajstić information content (AvgIpc) is 3.07. The van der Waals surface area contributed by atoms with E-state index in [0.29, 0.717) is 31.2 Å². The zero-order valence-electron chi connectivity index (χ0n) is 10.3. The summed E-state index contributed by atoms with van der Waals surface area (Å²) in [6.07, 6.45) is 2.01. The van der Waals surface area contributed by atoms with Crippen molar-refractivity contribution in [3.05, 3.63) is 23.7 Å². The zero-order chi connectivity index (χ0) is 12.8. The molecule has 1 aliphatic rings. The van der Waals surface area contributed by atoms with Crippen molar-refractivity contribution in [2.24, 2.45) is 5.92 Å². The van der Waals surface area contributed by atoms with Gasteiger partial charge in [-0.1, -0.05) is 0 Å². The predicted octanol–water partition coefficient (Wildman–Crippen LogP) is 1.03. The highest BCUT2D eigenvalue weighted by Crippen LogP contribution is 2.28. The van der Waals surface area contributed by atoms with Crippen molar-refractivity contribution in [2.75, 3.05) is 19.8 Å². The van der Waals surface area contributed by atoms with Crippen molar-refractivity contribution >= 4 is 0 Å². The molecule has 1 aromatic rings. The van der Waals surface area contributed by atoms with Crippen LogP contribution in [-0.4, -0.2) is 31.0 Å². The summed E-state index contributed by atoms with van der Waals surface area (Å²) in [5, 5.41) is 21.3. The van der Waals surface area contributed by atoms with E-state index in [1.807, 2.05) is 6.07 Å². The number of aliphatic hydroxyl groups is 1. The molecule has 0 radical (unpaired) electrons. The summed E-state index contributed by atoms with van der Waals surface area (Å²) in [5.41, 5.74) is 0. The second-order valence-electron chi connectivity index (χ2n) is 4.64. The SMILES string of the molecule is N#Cc1ccc(CNCC(O)COCC2CC2)o1. The third-order valence-corrected chi connectivity index (χ3v) is 2.81. The normalized spacial score (nSPS) is 16.4. The summed E-state index contributed by atoms with van der Waals surface area (Å²) < 4.78 is 10.6. The van der Waals surface area contributed by atoms with Gasteiger partial charge in [0.25, 0.3) is 0 Å². The largest absolute Gasteiger partial charge is 0.449 e. The summed E-state index contributed by atoms with van der Waals surface area (Å²) in [6.45, 7) is 2.08. The van der Waals surface area contributed by atoms with Crippen LogP contribution in [0, 0.1) is 17.2 Å². The molecule has 1 aromatic heterocycles. The van der Waals surface area contributed by atoms with Gasteiger partial charge in [0.1, 0.15) is 11.8 Å². The quantitative estimate of drug-likeness (QED) is 0.720. The van der Waals surface area contributed by atoms with Crippen molar-refractivity contribution in [3.8, 4) is 6.07 Å². The van der Waals surface area contributed by atoms with Crippen molar-refractivity contribution in [2.45, 2.75) is 25.5 Å². The van der Waals surface area contributed by atoms with Crippen LogP contribution < -0.4 is 5.32 Å². The molecule has 98 valence electrons. The number of nitrogens with zero attached hydrogens (tertiary/aromatic N) is 1. The lowest BCUT2D eigenvalue weighted by Crippen LogP contribution is -2.30. The van der Waals surface area contributed by atoms with Gasteiger partial charge in [0, 0.05) is 13.2 Å². The molecule has 18 heavy (non-hydrogen) atoms. The Hall–Kier alpha value is -1.35. The molecule has 0 bridgehead atoms. The Morgan fingerprint density at radius 1 is 1.56 bits per heavy atom. The zero-order valence-corrected chi connectivity index (χ0v) is 10.3. The fourth-order valence-corrected chi connectivity index (χ4v) is 1.61. The van der Waals surface area contributed by atoms with Crippen LogP contribution in [0.2, 0.25) is 0 Å². The van der Waals surface area contributed by atoms with E-state index in [0.717, 1.165) is 12.5 Å². The van der Waals surface area contributed by atoms with Crippen LogP contribution in [0.15, 0.2) is 16.5 Å². The first kappa shape index (κ1) is 13.1. The Balaban J connectivity index is 1.54. The lowest BCUT2D eigenvalue weighted by atomic mass is 10.3. The van der Waals surface area contributed by atoms with E-state index < -0.39 is 6.10 Å². The lowest BCUT2D eigenvalue weighted by Gasteiger charge is -2.11. The van der Waals surface area contributed by atoms with Crippen molar-refractivity contribution in [1.29, 1.82) is 5.26 Å². The number of nitrogens with one attached hydrogen (secondary N) is 1. The van der Waals surface area contributed by atoms with Gasteiger partial charge in [-0.2, -0.15) is 5.26 Å². The third kappa shape index (κ3) is 4.49. The number of hydrogen-bond acceptors (Lipinski definition) is 5. The van der Waals surface area contributed by atoms with Crippen molar-refractivity contribution in [3.63, 3.8) is 0 Å². The van der Waals surface area contributed by atoms with Gasteiger partial charge in [-0.25, -0.2) is 0 Å². The van der Waals surface area contributed by atoms with Crippen LogP contribution in [0.3, 0.4) is 0 Å². The van der Waals surface area contributed by atoms with E-state index in [-0.39, 0.29) is 0 Å². The fraction of sp³-hybridized carbons (Fsp3) is 0.615. The minimum Gasteiger partial charge on any atom is -0.449 e. The average molecular weight is 250 g/mol. The third-order valence-electron chi connectivity index (χ3n) is 2.81. The molecule has 0 spiro atoms. The van der Waals surface area contributed by atoms with Gasteiger partial charge in [-0.3, -0.25) is 0 Å². The molecule has 2 N–H and O–H groups in total. The number of nitriles is 1. The molecule has 5 nitrogen and oxygen atoms in total. The number of rotatable bonds is 8. The molecule has 1 unspecified atom stereocenters. The number of aliphatic hydroxyl groups excluding tert-OH is 1. The standard InChI is InChI=1S/C13H18N2O3/c14-5-12-3-4-13(18-12)7-15-6-11(16)9-17-8-10-1-2-10/h3-4,10-11,15-16H,1-2,6-9H2. The monoisotopic (exact) mass is 250 g/mol. The van der Waals surface area contributed by atoms with Crippen LogP contribution in [0.4, 0.5) is 0 Å². The molecular formula is C13H18N2O3. The van der Waals surface area contributed by atoms with Gasteiger partial charge in [-0.05, 0) is 30.9 Å². The first-order valence-corrected chi connectivity index (χ1v) is 6.23. The number of hydrogen-bond donors (Lipinski definition) is 2. The number of ether oxygens (including phenoxy) is 1. The maximum atomic E-state index is 9.64. The maximum absolute atomic E-state index is 9.64. The highest BCUT2D eigenvalue weighted by Gasteiger charge is 2.21. The summed E-state index contributed by atoms with van der Waals surface area (Å²) in [7, 11) is 0. The van der Waals surface area contributed by atoms with E-state index in [1.165, 1.54) is 12.8 Å². The predicted molar refractivity (Wildman–Crippen MR) is 64.7 cm³/mol. The second kappa shape index (κ2) is 6.55. The molecule has 1 saturated carbocycles. The molecule has 0 amide bonds. The summed E-state index contributed by atoms with van der Waals surface area (Å²) in [5.74, 6) is 1.72. The van der Waals surface area contributed by atoms with Gasteiger partial charge in [0.15, 0.2) is 0 Å². The molecule has 1 atom stereocenters. The highest BCUT2D eigenvalue weighted by molar-refractivity contribution is 5.18. The first-order valence-electron chi connectivity index (χ1n) is 6.23. The molecule has 0 aromatic carbocycles. The Bertz CT molecular complexity index is 407. The van der Waals surface area contributed by atoms with Crippen LogP contribution in [0.25, 0.3) is 0 Å². The van der Waals surface area contributed by atoms with Crippen LogP contribution in [-0.2, 0) is 11.3 Å². The van der Waals surface area contributed by atoms with E-state index >= 15 is 0 Å². The Labute approximate surface area is 106 Å². The smallest absolute Gasteiger partial charge is 0.203 e. The highest BCUT2D eigenvalue weighted by atomic mass is 16.5. The van der Waals surface area contributed by atoms with Gasteiger partial charge in [0.05, 0.1) is 19.3 Å². The van der Waals surface area contributed by atoms with Gasteiger partial charge >= 0.3 is 0 Å². The van der Waals surface area contributed by atoms with Gasteiger partial charge in [0.2, 0.25) is 5.76 Å². The molecule has 2 rings (SSSR count). The Morgan fingerprint density at radius 2 is 2.39 bits per heavy atom. The lowest BCUT2D eigenvalue weighted by molar-refractivity contribution is 0.0322.